The van der Waals surface area contributed by atoms with Crippen LogP contribution in [0.25, 0.3) is 0 Å². The average molecular weight is 322 g/mol. The minimum absolute atomic E-state index is 0.0186. The van der Waals surface area contributed by atoms with Gasteiger partial charge in [0.1, 0.15) is 11.9 Å². The van der Waals surface area contributed by atoms with E-state index in [1.165, 1.54) is 6.07 Å². The van der Waals surface area contributed by atoms with Gasteiger partial charge in [0, 0.05) is 31.9 Å². The van der Waals surface area contributed by atoms with Gasteiger partial charge in [-0.05, 0) is 45.8 Å². The number of hydrogen-bond acceptors (Lipinski definition) is 3. The molecule has 1 aromatic carbocycles. The summed E-state index contributed by atoms with van der Waals surface area (Å²) in [5, 5.41) is 0. The van der Waals surface area contributed by atoms with Gasteiger partial charge in [0.05, 0.1) is 0 Å². The maximum Gasteiger partial charge on any atom is 0.244 e. The monoisotopic (exact) mass is 322 g/mol. The van der Waals surface area contributed by atoms with Gasteiger partial charge in [0.25, 0.3) is 0 Å². The van der Waals surface area contributed by atoms with Crippen molar-refractivity contribution in [2.45, 2.75) is 25.8 Å². The second-order valence-electron chi connectivity index (χ2n) is 6.32. The average Bonchev–Trinajstić information content (AvgIpc) is 2.55. The molecule has 0 aliphatic carbocycles. The van der Waals surface area contributed by atoms with Crippen LogP contribution in [-0.4, -0.2) is 56.1 Å². The van der Waals surface area contributed by atoms with Crippen molar-refractivity contribution < 1.29 is 13.9 Å². The van der Waals surface area contributed by atoms with Gasteiger partial charge in [-0.1, -0.05) is 18.2 Å². The summed E-state index contributed by atoms with van der Waals surface area (Å²) in [5.41, 5.74) is 0.443. The predicted octanol–water partition coefficient (Wildman–Crippen LogP) is 2.70. The van der Waals surface area contributed by atoms with E-state index in [9.17, 15) is 9.18 Å². The van der Waals surface area contributed by atoms with E-state index in [1.807, 2.05) is 25.9 Å². The molecule has 1 fully saturated rings. The number of hydrogen-bond donors (Lipinski definition) is 0. The quantitative estimate of drug-likeness (QED) is 0.807. The van der Waals surface area contributed by atoms with E-state index in [1.54, 1.807) is 23.1 Å². The van der Waals surface area contributed by atoms with Crippen LogP contribution in [0.2, 0.25) is 0 Å². The lowest BCUT2D eigenvalue weighted by Crippen LogP contribution is -2.45. The highest BCUT2D eigenvalue weighted by molar-refractivity contribution is 5.83. The topological polar surface area (TPSA) is 32.8 Å². The Labute approximate surface area is 138 Å². The molecule has 0 N–H and O–H groups in total. The van der Waals surface area contributed by atoms with Crippen LogP contribution in [0.3, 0.4) is 0 Å². The molecule has 1 aromatic rings. The number of benzene rings is 1. The Morgan fingerprint density at radius 2 is 2.00 bits per heavy atom. The Hall–Kier alpha value is -1.46. The number of carbonyl (C=O) groups is 1. The summed E-state index contributed by atoms with van der Waals surface area (Å²) in [6.07, 6.45) is 1.90. The first-order valence-electron chi connectivity index (χ1n) is 8.32. The third-order valence-electron chi connectivity index (χ3n) is 4.43. The van der Waals surface area contributed by atoms with Gasteiger partial charge in [-0.25, -0.2) is 4.39 Å². The number of likely N-dealkylation sites (tertiary alicyclic amines) is 1. The lowest BCUT2D eigenvalue weighted by atomic mass is 9.96. The number of ether oxygens (including phenoxy) is 1. The molecule has 0 radical (unpaired) electrons. The Kier molecular flexibility index (Phi) is 6.54. The fraction of sp³-hybridized carbons (Fsp3) is 0.611. The maximum atomic E-state index is 14.1. The van der Waals surface area contributed by atoms with Gasteiger partial charge in [-0.15, -0.1) is 0 Å². The van der Waals surface area contributed by atoms with Gasteiger partial charge in [0.2, 0.25) is 5.91 Å². The van der Waals surface area contributed by atoms with Gasteiger partial charge >= 0.3 is 0 Å². The van der Waals surface area contributed by atoms with Crippen LogP contribution in [0.4, 0.5) is 4.39 Å². The van der Waals surface area contributed by atoms with Crippen molar-refractivity contribution in [3.63, 3.8) is 0 Å². The maximum absolute atomic E-state index is 14.1. The van der Waals surface area contributed by atoms with Crippen molar-refractivity contribution >= 4 is 5.91 Å². The molecule has 1 atom stereocenters. The highest BCUT2D eigenvalue weighted by Crippen LogP contribution is 2.26. The van der Waals surface area contributed by atoms with E-state index in [4.69, 9.17) is 4.74 Å². The van der Waals surface area contributed by atoms with E-state index >= 15 is 0 Å². The summed E-state index contributed by atoms with van der Waals surface area (Å²) in [5.74, 6) is 0.172. The molecular weight excluding hydrogens is 295 g/mol. The van der Waals surface area contributed by atoms with Crippen LogP contribution in [0, 0.1) is 11.7 Å². The van der Waals surface area contributed by atoms with Crippen LogP contribution >= 0.6 is 0 Å². The standard InChI is InChI=1S/C18H27FN2O2/c1-4-23-13-14-9-11-21(12-10-14)18(22)17(20(2)3)15-7-5-6-8-16(15)19/h5-8,14,17H,4,9-13H2,1-3H3/t17-/m0/s1. The molecule has 4 nitrogen and oxygen atoms in total. The summed E-state index contributed by atoms with van der Waals surface area (Å²) in [6, 6.07) is 5.96. The Morgan fingerprint density at radius 1 is 1.35 bits per heavy atom. The molecule has 1 aliphatic rings. The van der Waals surface area contributed by atoms with E-state index < -0.39 is 6.04 Å². The third kappa shape index (κ3) is 4.52. The first-order valence-corrected chi connectivity index (χ1v) is 8.32. The van der Waals surface area contributed by atoms with Gasteiger partial charge in [0.15, 0.2) is 0 Å². The molecule has 1 amide bonds. The normalized spacial score (nSPS) is 17.5. The molecule has 0 aromatic heterocycles. The van der Waals surface area contributed by atoms with Crippen molar-refractivity contribution in [1.82, 2.24) is 9.80 Å². The third-order valence-corrected chi connectivity index (χ3v) is 4.43. The molecule has 1 aliphatic heterocycles. The van der Waals surface area contributed by atoms with Crippen LogP contribution in [0.1, 0.15) is 31.4 Å². The van der Waals surface area contributed by atoms with Gasteiger partial charge in [-0.3, -0.25) is 9.69 Å². The van der Waals surface area contributed by atoms with Crippen molar-refractivity contribution in [3.8, 4) is 0 Å². The number of rotatable bonds is 6. The van der Waals surface area contributed by atoms with E-state index in [0.29, 0.717) is 11.5 Å². The lowest BCUT2D eigenvalue weighted by molar-refractivity contribution is -0.138. The number of likely N-dealkylation sites (N-methyl/N-ethyl adjacent to an activating group) is 1. The zero-order chi connectivity index (χ0) is 16.8. The largest absolute Gasteiger partial charge is 0.381 e. The van der Waals surface area contributed by atoms with Crippen LogP contribution in [0.15, 0.2) is 24.3 Å². The zero-order valence-corrected chi connectivity index (χ0v) is 14.3. The first-order chi connectivity index (χ1) is 11.0. The van der Waals surface area contributed by atoms with Crippen molar-refractivity contribution in [1.29, 1.82) is 0 Å². The van der Waals surface area contributed by atoms with Gasteiger partial charge < -0.3 is 9.64 Å². The Morgan fingerprint density at radius 3 is 2.57 bits per heavy atom. The molecule has 0 saturated carbocycles. The Bertz CT molecular complexity index is 513. The molecule has 0 unspecified atom stereocenters. The van der Waals surface area contributed by atoms with E-state index in [2.05, 4.69) is 0 Å². The van der Waals surface area contributed by atoms with Crippen molar-refractivity contribution in [3.05, 3.63) is 35.6 Å². The molecule has 1 saturated heterocycles. The molecule has 2 rings (SSSR count). The van der Waals surface area contributed by atoms with E-state index in [-0.39, 0.29) is 11.7 Å². The fourth-order valence-corrected chi connectivity index (χ4v) is 3.11. The number of piperidine rings is 1. The summed E-state index contributed by atoms with van der Waals surface area (Å²) in [4.78, 5) is 16.5. The molecule has 5 heteroatoms. The smallest absolute Gasteiger partial charge is 0.244 e. The number of amides is 1. The highest BCUT2D eigenvalue weighted by Gasteiger charge is 2.32. The zero-order valence-electron chi connectivity index (χ0n) is 14.3. The minimum Gasteiger partial charge on any atom is -0.381 e. The second-order valence-corrected chi connectivity index (χ2v) is 6.32. The first kappa shape index (κ1) is 17.9. The Balaban J connectivity index is 2.04. The molecule has 0 spiro atoms. The van der Waals surface area contributed by atoms with Crippen LogP contribution in [-0.2, 0) is 9.53 Å². The summed E-state index contributed by atoms with van der Waals surface area (Å²) >= 11 is 0. The van der Waals surface area contributed by atoms with Gasteiger partial charge in [-0.2, -0.15) is 0 Å². The fourth-order valence-electron chi connectivity index (χ4n) is 3.11. The summed E-state index contributed by atoms with van der Waals surface area (Å²) in [6.45, 7) is 4.93. The highest BCUT2D eigenvalue weighted by atomic mass is 19.1. The van der Waals surface area contributed by atoms with Crippen LogP contribution in [0.5, 0.6) is 0 Å². The second kappa shape index (κ2) is 8.41. The number of halogens is 1. The van der Waals surface area contributed by atoms with Crippen LogP contribution < -0.4 is 0 Å². The molecular formula is C18H27FN2O2. The number of nitrogens with zero attached hydrogens (tertiary/aromatic N) is 2. The molecule has 128 valence electrons. The molecule has 0 bridgehead atoms. The van der Waals surface area contributed by atoms with Crippen molar-refractivity contribution in [2.24, 2.45) is 5.92 Å². The lowest BCUT2D eigenvalue weighted by Gasteiger charge is -2.36. The summed E-state index contributed by atoms with van der Waals surface area (Å²) < 4.78 is 19.6. The SMILES string of the molecule is CCOCC1CCN(C(=O)[C@H](c2ccccc2F)N(C)C)CC1. The molecule has 23 heavy (non-hydrogen) atoms. The minimum atomic E-state index is -0.570. The predicted molar refractivity (Wildman–Crippen MR) is 88.6 cm³/mol. The number of carbonyl (C=O) groups excluding carboxylic acids is 1. The molecule has 1 heterocycles. The van der Waals surface area contributed by atoms with E-state index in [0.717, 1.165) is 39.1 Å². The van der Waals surface area contributed by atoms with Crippen molar-refractivity contribution in [2.75, 3.05) is 40.4 Å². The summed E-state index contributed by atoms with van der Waals surface area (Å²) in [7, 11) is 3.63.